The third-order valence-electron chi connectivity index (χ3n) is 1.98. The number of hydrogen-bond donors (Lipinski definition) is 1. The van der Waals surface area contributed by atoms with Gasteiger partial charge >= 0.3 is 0 Å². The van der Waals surface area contributed by atoms with Gasteiger partial charge in [0.1, 0.15) is 6.61 Å². The normalized spacial score (nSPS) is 46.1. The number of carbonyl (C=O) groups is 1. The molecule has 0 aromatic rings. The van der Waals surface area contributed by atoms with Gasteiger partial charge in [-0.2, -0.15) is 0 Å². The Morgan fingerprint density at radius 1 is 1.70 bits per heavy atom. The lowest BCUT2D eigenvalue weighted by molar-refractivity contribution is -0.119. The van der Waals surface area contributed by atoms with E-state index in [1.165, 1.54) is 0 Å². The Morgan fingerprint density at radius 3 is 3.20 bits per heavy atom. The van der Waals surface area contributed by atoms with Crippen LogP contribution in [-0.4, -0.2) is 36.5 Å². The number of Topliss-reactive ketones (excluding diaryl/α,β-unsaturated/α-hetero) is 1. The number of halogens is 1. The van der Waals surface area contributed by atoms with Gasteiger partial charge in [-0.1, -0.05) is 0 Å². The first-order valence-corrected chi connectivity index (χ1v) is 3.74. The summed E-state index contributed by atoms with van der Waals surface area (Å²) in [6, 6.07) is -0.123. The average molecular weight is 162 g/mol. The smallest absolute Gasteiger partial charge is 0.178 e. The van der Waals surface area contributed by atoms with Crippen LogP contribution in [0.2, 0.25) is 0 Å². The van der Waals surface area contributed by atoms with Gasteiger partial charge in [0.05, 0.1) is 17.5 Å². The molecule has 0 saturated carbocycles. The van der Waals surface area contributed by atoms with Gasteiger partial charge in [-0.25, -0.2) is 0 Å². The molecular formula is C6H8ClNO2. The molecule has 0 bridgehead atoms. The van der Waals surface area contributed by atoms with E-state index < -0.39 is 0 Å². The molecule has 2 unspecified atom stereocenters. The summed E-state index contributed by atoms with van der Waals surface area (Å²) in [5.41, 5.74) is 0. The van der Waals surface area contributed by atoms with Gasteiger partial charge in [-0.3, -0.25) is 4.79 Å². The average Bonchev–Trinajstić information content (AvgIpc) is 2.41. The van der Waals surface area contributed by atoms with E-state index >= 15 is 0 Å². The topological polar surface area (TPSA) is 38.3 Å². The first-order valence-electron chi connectivity index (χ1n) is 3.31. The Kier molecular flexibility index (Phi) is 1.44. The minimum atomic E-state index is -0.123. The molecule has 2 rings (SSSR count). The molecule has 2 aliphatic heterocycles. The first kappa shape index (κ1) is 6.58. The molecule has 2 fully saturated rings. The molecule has 4 heteroatoms. The predicted molar refractivity (Wildman–Crippen MR) is 36.2 cm³/mol. The molecule has 0 radical (unpaired) electrons. The highest BCUT2D eigenvalue weighted by Gasteiger charge is 2.44. The molecule has 0 spiro atoms. The van der Waals surface area contributed by atoms with Crippen LogP contribution in [0.25, 0.3) is 0 Å². The molecule has 0 amide bonds. The van der Waals surface area contributed by atoms with Crippen LogP contribution in [0, 0.1) is 0 Å². The molecule has 0 aliphatic carbocycles. The fourth-order valence-electron chi connectivity index (χ4n) is 1.45. The lowest BCUT2D eigenvalue weighted by atomic mass is 10.1. The van der Waals surface area contributed by atoms with Crippen molar-refractivity contribution >= 4 is 17.4 Å². The first-order chi connectivity index (χ1) is 4.79. The van der Waals surface area contributed by atoms with Crippen LogP contribution in [-0.2, 0) is 9.53 Å². The number of rotatable bonds is 0. The number of hydrogen-bond acceptors (Lipinski definition) is 3. The van der Waals surface area contributed by atoms with Crippen LogP contribution in [0.1, 0.15) is 0 Å². The van der Waals surface area contributed by atoms with Crippen LogP contribution < -0.4 is 5.32 Å². The van der Waals surface area contributed by atoms with Crippen molar-refractivity contribution < 1.29 is 9.53 Å². The Hall–Kier alpha value is -0.120. The van der Waals surface area contributed by atoms with Gasteiger partial charge in [0.15, 0.2) is 5.78 Å². The van der Waals surface area contributed by atoms with Gasteiger partial charge in [-0.05, 0) is 0 Å². The summed E-state index contributed by atoms with van der Waals surface area (Å²) in [6.07, 6.45) is -0.0748. The third kappa shape index (κ3) is 0.779. The van der Waals surface area contributed by atoms with E-state index in [1.807, 2.05) is 0 Å². The molecule has 0 aromatic heterocycles. The van der Waals surface area contributed by atoms with E-state index in [9.17, 15) is 4.79 Å². The minimum absolute atomic E-state index is 0.0311. The second-order valence-corrected chi connectivity index (χ2v) is 3.20. The second-order valence-electron chi connectivity index (χ2n) is 2.64. The van der Waals surface area contributed by atoms with Crippen molar-refractivity contribution in [3.8, 4) is 0 Å². The molecule has 2 heterocycles. The van der Waals surface area contributed by atoms with Crippen LogP contribution in [0.5, 0.6) is 0 Å². The number of ketones is 1. The molecule has 3 nitrogen and oxygen atoms in total. The minimum Gasteiger partial charge on any atom is -0.367 e. The SMILES string of the molecule is O=C1COC2C1NC[C@H]2Cl. The highest BCUT2D eigenvalue weighted by atomic mass is 35.5. The van der Waals surface area contributed by atoms with Crippen molar-refractivity contribution in [1.29, 1.82) is 0 Å². The van der Waals surface area contributed by atoms with Gasteiger partial charge < -0.3 is 10.1 Å². The lowest BCUT2D eigenvalue weighted by Gasteiger charge is -2.07. The molecular weight excluding hydrogens is 154 g/mol. The van der Waals surface area contributed by atoms with Gasteiger partial charge in [-0.15, -0.1) is 11.6 Å². The second kappa shape index (κ2) is 2.19. The van der Waals surface area contributed by atoms with Gasteiger partial charge in [0.25, 0.3) is 0 Å². The molecule has 56 valence electrons. The standard InChI is InChI=1S/C6H8ClNO2/c7-3-1-8-5-4(9)2-10-6(3)5/h3,5-6,8H,1-2H2/t3-,5?,6?/m1/s1. The van der Waals surface area contributed by atoms with Crippen molar-refractivity contribution in [3.05, 3.63) is 0 Å². The van der Waals surface area contributed by atoms with Crippen LogP contribution in [0.15, 0.2) is 0 Å². The van der Waals surface area contributed by atoms with Crippen LogP contribution in [0.4, 0.5) is 0 Å². The summed E-state index contributed by atoms with van der Waals surface area (Å²) in [5.74, 6) is 0.133. The molecule has 3 atom stereocenters. The van der Waals surface area contributed by atoms with Crippen molar-refractivity contribution in [1.82, 2.24) is 5.32 Å². The Bertz CT molecular complexity index is 173. The molecule has 10 heavy (non-hydrogen) atoms. The molecule has 2 saturated heterocycles. The summed E-state index contributed by atoms with van der Waals surface area (Å²) in [7, 11) is 0. The van der Waals surface area contributed by atoms with E-state index in [4.69, 9.17) is 16.3 Å². The van der Waals surface area contributed by atoms with Crippen molar-refractivity contribution in [2.24, 2.45) is 0 Å². The predicted octanol–water partition coefficient (Wildman–Crippen LogP) is -0.466. The molecule has 0 aromatic carbocycles. The number of ether oxygens (including phenoxy) is 1. The molecule has 2 aliphatic rings. The summed E-state index contributed by atoms with van der Waals surface area (Å²) in [4.78, 5) is 11.0. The summed E-state index contributed by atoms with van der Waals surface area (Å²) >= 11 is 5.84. The molecule has 1 N–H and O–H groups in total. The highest BCUT2D eigenvalue weighted by Crippen LogP contribution is 2.22. The third-order valence-corrected chi connectivity index (χ3v) is 2.39. The summed E-state index contributed by atoms with van der Waals surface area (Å²) < 4.78 is 5.16. The zero-order valence-electron chi connectivity index (χ0n) is 5.34. The van der Waals surface area contributed by atoms with E-state index in [1.54, 1.807) is 0 Å². The Balaban J connectivity index is 2.16. The van der Waals surface area contributed by atoms with Crippen molar-refractivity contribution in [2.75, 3.05) is 13.2 Å². The zero-order chi connectivity index (χ0) is 7.14. The van der Waals surface area contributed by atoms with E-state index in [-0.39, 0.29) is 29.9 Å². The number of nitrogens with one attached hydrogen (secondary N) is 1. The number of alkyl halides is 1. The fraction of sp³-hybridized carbons (Fsp3) is 0.833. The Labute approximate surface area is 63.7 Å². The zero-order valence-corrected chi connectivity index (χ0v) is 6.10. The van der Waals surface area contributed by atoms with Gasteiger partial charge in [0, 0.05) is 6.54 Å². The number of fused-ring (bicyclic) bond motifs is 1. The van der Waals surface area contributed by atoms with Gasteiger partial charge in [0.2, 0.25) is 0 Å². The van der Waals surface area contributed by atoms with E-state index in [0.717, 1.165) is 0 Å². The highest BCUT2D eigenvalue weighted by molar-refractivity contribution is 6.22. The fourth-order valence-corrected chi connectivity index (χ4v) is 1.75. The lowest BCUT2D eigenvalue weighted by Crippen LogP contribution is -2.33. The number of carbonyl (C=O) groups excluding carboxylic acids is 1. The summed E-state index contributed by atoms with van der Waals surface area (Å²) in [6.45, 7) is 0.911. The summed E-state index contributed by atoms with van der Waals surface area (Å²) in [5, 5.41) is 2.98. The Morgan fingerprint density at radius 2 is 2.50 bits per heavy atom. The van der Waals surface area contributed by atoms with Crippen molar-refractivity contribution in [2.45, 2.75) is 17.5 Å². The van der Waals surface area contributed by atoms with Crippen LogP contribution in [0.3, 0.4) is 0 Å². The largest absolute Gasteiger partial charge is 0.367 e. The maximum absolute atomic E-state index is 11.0. The van der Waals surface area contributed by atoms with Crippen molar-refractivity contribution in [3.63, 3.8) is 0 Å². The van der Waals surface area contributed by atoms with Crippen LogP contribution >= 0.6 is 11.6 Å². The van der Waals surface area contributed by atoms with E-state index in [0.29, 0.717) is 6.54 Å². The maximum Gasteiger partial charge on any atom is 0.178 e. The quantitative estimate of drug-likeness (QED) is 0.489. The van der Waals surface area contributed by atoms with E-state index in [2.05, 4.69) is 5.32 Å². The maximum atomic E-state index is 11.0. The monoisotopic (exact) mass is 161 g/mol.